The maximum absolute atomic E-state index is 4.81. The lowest BCUT2D eigenvalue weighted by Gasteiger charge is -2.11. The molecule has 0 N–H and O–H groups in total. The van der Waals surface area contributed by atoms with Gasteiger partial charge in [0.25, 0.3) is 0 Å². The molecule has 1 unspecified atom stereocenters. The molecule has 1 saturated heterocycles. The van der Waals surface area contributed by atoms with E-state index in [4.69, 9.17) is 4.98 Å². The predicted octanol–water partition coefficient (Wildman–Crippen LogP) is 3.33. The summed E-state index contributed by atoms with van der Waals surface area (Å²) >= 11 is 5.39. The van der Waals surface area contributed by atoms with Gasteiger partial charge < -0.3 is 4.90 Å². The molecule has 1 aliphatic carbocycles. The van der Waals surface area contributed by atoms with Crippen molar-refractivity contribution in [2.75, 3.05) is 20.1 Å². The van der Waals surface area contributed by atoms with Gasteiger partial charge in [0.2, 0.25) is 0 Å². The standard InChI is InChI=1S/C13H13BrN2S/c1-16-5-8-9(6-16)12(8)13-15-10-4-7(14)2-3-11(10)17-13/h2-4,8-9,12H,5-6H2,1H3/t8-,9+,12?. The van der Waals surface area contributed by atoms with E-state index in [1.807, 2.05) is 11.3 Å². The Kier molecular flexibility index (Phi) is 2.17. The summed E-state index contributed by atoms with van der Waals surface area (Å²) in [7, 11) is 2.22. The van der Waals surface area contributed by atoms with Gasteiger partial charge in [-0.25, -0.2) is 4.98 Å². The second-order valence-electron chi connectivity index (χ2n) is 5.24. The molecule has 88 valence electrons. The summed E-state index contributed by atoms with van der Waals surface area (Å²) in [5.41, 5.74) is 1.15. The highest BCUT2D eigenvalue weighted by molar-refractivity contribution is 9.10. The molecule has 0 radical (unpaired) electrons. The molecule has 1 saturated carbocycles. The topological polar surface area (TPSA) is 16.1 Å². The molecule has 0 bridgehead atoms. The first-order chi connectivity index (χ1) is 8.22. The minimum Gasteiger partial charge on any atom is -0.306 e. The summed E-state index contributed by atoms with van der Waals surface area (Å²) in [4.78, 5) is 7.25. The second kappa shape index (κ2) is 3.53. The van der Waals surface area contributed by atoms with Crippen LogP contribution in [0.4, 0.5) is 0 Å². The average Bonchev–Trinajstić information content (AvgIpc) is 2.68. The van der Waals surface area contributed by atoms with Crippen LogP contribution in [0.15, 0.2) is 22.7 Å². The van der Waals surface area contributed by atoms with E-state index in [1.165, 1.54) is 22.8 Å². The first-order valence-electron chi connectivity index (χ1n) is 5.97. The van der Waals surface area contributed by atoms with Crippen molar-refractivity contribution in [3.63, 3.8) is 0 Å². The number of fused-ring (bicyclic) bond motifs is 2. The van der Waals surface area contributed by atoms with Crippen molar-refractivity contribution in [1.29, 1.82) is 0 Å². The Morgan fingerprint density at radius 1 is 1.35 bits per heavy atom. The molecule has 2 aromatic rings. The lowest BCUT2D eigenvalue weighted by atomic mass is 10.3. The minimum absolute atomic E-state index is 0.752. The molecule has 0 spiro atoms. The van der Waals surface area contributed by atoms with Crippen molar-refractivity contribution in [3.8, 4) is 0 Å². The van der Waals surface area contributed by atoms with Crippen LogP contribution in [-0.2, 0) is 0 Å². The fraction of sp³-hybridized carbons (Fsp3) is 0.462. The van der Waals surface area contributed by atoms with Crippen molar-refractivity contribution in [2.45, 2.75) is 5.92 Å². The summed E-state index contributed by atoms with van der Waals surface area (Å²) in [6, 6.07) is 6.40. The summed E-state index contributed by atoms with van der Waals surface area (Å²) in [6.07, 6.45) is 0. The molecular formula is C13H13BrN2S. The van der Waals surface area contributed by atoms with Crippen LogP contribution in [0.25, 0.3) is 10.2 Å². The number of hydrogen-bond donors (Lipinski definition) is 0. The molecule has 17 heavy (non-hydrogen) atoms. The van der Waals surface area contributed by atoms with Gasteiger partial charge in [0.05, 0.1) is 15.2 Å². The number of thiazole rings is 1. The maximum atomic E-state index is 4.81. The SMILES string of the molecule is CN1C[C@@H]2C(c3nc4cc(Br)ccc4s3)[C@@H]2C1. The van der Waals surface area contributed by atoms with Crippen LogP contribution in [0, 0.1) is 11.8 Å². The Bertz CT molecular complexity index is 582. The zero-order valence-corrected chi connectivity index (χ0v) is 12.0. The molecule has 1 aromatic carbocycles. The molecule has 2 nitrogen and oxygen atoms in total. The lowest BCUT2D eigenvalue weighted by molar-refractivity contribution is 0.362. The summed E-state index contributed by atoms with van der Waals surface area (Å²) in [6.45, 7) is 2.52. The Labute approximate surface area is 113 Å². The van der Waals surface area contributed by atoms with Crippen LogP contribution in [0.5, 0.6) is 0 Å². The van der Waals surface area contributed by atoms with E-state index in [0.717, 1.165) is 27.7 Å². The van der Waals surface area contributed by atoms with Gasteiger partial charge in [-0.2, -0.15) is 0 Å². The summed E-state index contributed by atoms with van der Waals surface area (Å²) in [5.74, 6) is 2.51. The molecule has 2 aliphatic rings. The lowest BCUT2D eigenvalue weighted by Crippen LogP contribution is -2.18. The van der Waals surface area contributed by atoms with Crippen molar-refractivity contribution in [2.24, 2.45) is 11.8 Å². The molecule has 0 amide bonds. The third kappa shape index (κ3) is 1.58. The van der Waals surface area contributed by atoms with Gasteiger partial charge in [-0.1, -0.05) is 15.9 Å². The number of aromatic nitrogens is 1. The maximum Gasteiger partial charge on any atom is 0.0976 e. The van der Waals surface area contributed by atoms with Crippen LogP contribution < -0.4 is 0 Å². The van der Waals surface area contributed by atoms with E-state index in [0.29, 0.717) is 0 Å². The van der Waals surface area contributed by atoms with Crippen molar-refractivity contribution in [3.05, 3.63) is 27.7 Å². The molecule has 4 heteroatoms. The predicted molar refractivity (Wildman–Crippen MR) is 74.5 cm³/mol. The minimum atomic E-state index is 0.752. The second-order valence-corrected chi connectivity index (χ2v) is 7.22. The molecule has 1 aliphatic heterocycles. The van der Waals surface area contributed by atoms with Crippen LogP contribution in [0.1, 0.15) is 10.9 Å². The Balaban J connectivity index is 1.69. The van der Waals surface area contributed by atoms with E-state index in [1.54, 1.807) is 0 Å². The Hall–Kier alpha value is -0.450. The fourth-order valence-corrected chi connectivity index (χ4v) is 4.71. The third-order valence-corrected chi connectivity index (χ3v) is 5.66. The number of piperidine rings is 1. The van der Waals surface area contributed by atoms with Gasteiger partial charge in [0.15, 0.2) is 0 Å². The van der Waals surface area contributed by atoms with Crippen molar-refractivity contribution >= 4 is 37.5 Å². The van der Waals surface area contributed by atoms with Crippen LogP contribution in [-0.4, -0.2) is 30.0 Å². The number of nitrogens with zero attached hydrogens (tertiary/aromatic N) is 2. The number of hydrogen-bond acceptors (Lipinski definition) is 3. The fourth-order valence-electron chi connectivity index (χ4n) is 3.16. The van der Waals surface area contributed by atoms with Crippen molar-refractivity contribution in [1.82, 2.24) is 9.88 Å². The zero-order chi connectivity index (χ0) is 11.6. The highest BCUT2D eigenvalue weighted by Gasteiger charge is 2.56. The quantitative estimate of drug-likeness (QED) is 0.803. The molecule has 2 heterocycles. The first-order valence-corrected chi connectivity index (χ1v) is 7.58. The van der Waals surface area contributed by atoms with Crippen LogP contribution in [0.2, 0.25) is 0 Å². The van der Waals surface area contributed by atoms with Gasteiger partial charge >= 0.3 is 0 Å². The van der Waals surface area contributed by atoms with Crippen LogP contribution in [0.3, 0.4) is 0 Å². The number of rotatable bonds is 1. The average molecular weight is 309 g/mol. The third-order valence-electron chi connectivity index (χ3n) is 4.03. The van der Waals surface area contributed by atoms with Gasteiger partial charge in [-0.15, -0.1) is 11.3 Å². The monoisotopic (exact) mass is 308 g/mol. The van der Waals surface area contributed by atoms with E-state index in [-0.39, 0.29) is 0 Å². The Morgan fingerprint density at radius 3 is 2.88 bits per heavy atom. The van der Waals surface area contributed by atoms with Gasteiger partial charge in [0.1, 0.15) is 0 Å². The summed E-state index contributed by atoms with van der Waals surface area (Å²) in [5, 5.41) is 1.36. The van der Waals surface area contributed by atoms with E-state index in [2.05, 4.69) is 46.1 Å². The number of likely N-dealkylation sites (tertiary alicyclic amines) is 1. The Morgan fingerprint density at radius 2 is 2.12 bits per heavy atom. The van der Waals surface area contributed by atoms with Gasteiger partial charge in [-0.05, 0) is 37.1 Å². The first kappa shape index (κ1) is 10.5. The summed E-state index contributed by atoms with van der Waals surface area (Å²) < 4.78 is 2.44. The highest BCUT2D eigenvalue weighted by Crippen LogP contribution is 2.58. The number of halogens is 1. The normalized spacial score (nSPS) is 32.0. The largest absolute Gasteiger partial charge is 0.306 e. The smallest absolute Gasteiger partial charge is 0.0976 e. The highest BCUT2D eigenvalue weighted by atomic mass is 79.9. The van der Waals surface area contributed by atoms with Crippen LogP contribution >= 0.6 is 27.3 Å². The zero-order valence-electron chi connectivity index (χ0n) is 9.56. The molecular weight excluding hydrogens is 296 g/mol. The molecule has 1 aromatic heterocycles. The van der Waals surface area contributed by atoms with Gasteiger partial charge in [-0.3, -0.25) is 0 Å². The molecule has 2 fully saturated rings. The van der Waals surface area contributed by atoms with E-state index in [9.17, 15) is 0 Å². The van der Waals surface area contributed by atoms with E-state index < -0.39 is 0 Å². The number of benzene rings is 1. The van der Waals surface area contributed by atoms with Gasteiger partial charge in [0, 0.05) is 23.5 Å². The van der Waals surface area contributed by atoms with E-state index >= 15 is 0 Å². The molecule has 4 rings (SSSR count). The molecule has 3 atom stereocenters. The van der Waals surface area contributed by atoms with Crippen molar-refractivity contribution < 1.29 is 0 Å².